The van der Waals surface area contributed by atoms with E-state index in [0.29, 0.717) is 12.1 Å². The van der Waals surface area contributed by atoms with Gasteiger partial charge in [0.15, 0.2) is 0 Å². The number of imidazole rings is 1. The normalized spacial score (nSPS) is 23.3. The molecule has 0 spiro atoms. The molecule has 1 aliphatic rings. The summed E-state index contributed by atoms with van der Waals surface area (Å²) < 4.78 is 2.30. The standard InChI is InChI=1S/C16H24N4/c1-12-19-15-7-2-3-8-16(15)20(12)10-9-18-14-6-4-5-13(17)11-14/h2-3,7-8,13-14,18H,4-6,9-11,17H2,1H3. The number of hydrogen-bond donors (Lipinski definition) is 2. The number of aromatic nitrogens is 2. The minimum atomic E-state index is 0.386. The molecule has 1 aliphatic carbocycles. The second kappa shape index (κ2) is 5.94. The average Bonchev–Trinajstić information content (AvgIpc) is 2.75. The predicted octanol–water partition coefficient (Wildman–Crippen LogP) is 2.20. The molecule has 1 aromatic heterocycles. The van der Waals surface area contributed by atoms with Crippen molar-refractivity contribution < 1.29 is 0 Å². The van der Waals surface area contributed by atoms with Gasteiger partial charge in [0, 0.05) is 25.2 Å². The number of para-hydroxylation sites is 2. The first kappa shape index (κ1) is 13.6. The fraction of sp³-hybridized carbons (Fsp3) is 0.562. The third kappa shape index (κ3) is 2.86. The molecule has 4 heteroatoms. The van der Waals surface area contributed by atoms with Crippen molar-refractivity contribution in [3.8, 4) is 0 Å². The van der Waals surface area contributed by atoms with Gasteiger partial charge in [-0.25, -0.2) is 4.98 Å². The van der Waals surface area contributed by atoms with E-state index in [-0.39, 0.29) is 0 Å². The number of benzene rings is 1. The molecule has 1 heterocycles. The van der Waals surface area contributed by atoms with Gasteiger partial charge in [0.05, 0.1) is 11.0 Å². The Morgan fingerprint density at radius 3 is 3.05 bits per heavy atom. The molecule has 0 amide bonds. The van der Waals surface area contributed by atoms with Crippen molar-refractivity contribution in [1.29, 1.82) is 0 Å². The SMILES string of the molecule is Cc1nc2ccccc2n1CCNC1CCCC(N)C1. The predicted molar refractivity (Wildman–Crippen MR) is 82.7 cm³/mol. The van der Waals surface area contributed by atoms with Gasteiger partial charge >= 0.3 is 0 Å². The molecule has 108 valence electrons. The Hall–Kier alpha value is -1.39. The van der Waals surface area contributed by atoms with E-state index in [4.69, 9.17) is 5.73 Å². The Labute approximate surface area is 120 Å². The molecule has 1 fully saturated rings. The fourth-order valence-corrected chi connectivity index (χ4v) is 3.27. The fourth-order valence-electron chi connectivity index (χ4n) is 3.27. The Kier molecular flexibility index (Phi) is 4.03. The van der Waals surface area contributed by atoms with E-state index in [2.05, 4.69) is 40.0 Å². The molecule has 1 saturated carbocycles. The van der Waals surface area contributed by atoms with Crippen molar-refractivity contribution in [2.24, 2.45) is 5.73 Å². The molecule has 2 aromatic rings. The number of fused-ring (bicyclic) bond motifs is 1. The summed E-state index contributed by atoms with van der Waals surface area (Å²) >= 11 is 0. The first-order valence-corrected chi connectivity index (χ1v) is 7.65. The third-order valence-electron chi connectivity index (χ3n) is 4.33. The second-order valence-electron chi connectivity index (χ2n) is 5.88. The number of nitrogens with one attached hydrogen (secondary N) is 1. The Balaban J connectivity index is 1.61. The summed E-state index contributed by atoms with van der Waals surface area (Å²) in [4.78, 5) is 4.61. The van der Waals surface area contributed by atoms with Crippen molar-refractivity contribution in [2.75, 3.05) is 6.54 Å². The van der Waals surface area contributed by atoms with Gasteiger partial charge in [-0.05, 0) is 38.3 Å². The summed E-state index contributed by atoms with van der Waals surface area (Å²) in [7, 11) is 0. The van der Waals surface area contributed by atoms with Crippen molar-refractivity contribution in [2.45, 2.75) is 51.2 Å². The van der Waals surface area contributed by atoms with Crippen LogP contribution in [0.4, 0.5) is 0 Å². The van der Waals surface area contributed by atoms with Crippen LogP contribution in [0.3, 0.4) is 0 Å². The Morgan fingerprint density at radius 2 is 2.20 bits per heavy atom. The topological polar surface area (TPSA) is 55.9 Å². The Morgan fingerprint density at radius 1 is 1.35 bits per heavy atom. The van der Waals surface area contributed by atoms with Crippen LogP contribution in [0.15, 0.2) is 24.3 Å². The smallest absolute Gasteiger partial charge is 0.106 e. The summed E-state index contributed by atoms with van der Waals surface area (Å²) in [6, 6.07) is 9.32. The lowest BCUT2D eigenvalue weighted by atomic mass is 9.92. The van der Waals surface area contributed by atoms with Crippen LogP contribution in [0.2, 0.25) is 0 Å². The molecule has 2 unspecified atom stereocenters. The molecule has 4 nitrogen and oxygen atoms in total. The van der Waals surface area contributed by atoms with Crippen LogP contribution in [0, 0.1) is 6.92 Å². The van der Waals surface area contributed by atoms with Gasteiger partial charge in [0.1, 0.15) is 5.82 Å². The summed E-state index contributed by atoms with van der Waals surface area (Å²) in [6.45, 7) is 4.03. The lowest BCUT2D eigenvalue weighted by molar-refractivity contribution is 0.336. The monoisotopic (exact) mass is 272 g/mol. The van der Waals surface area contributed by atoms with Gasteiger partial charge in [-0.15, -0.1) is 0 Å². The molecule has 1 aromatic carbocycles. The summed E-state index contributed by atoms with van der Waals surface area (Å²) in [5, 5.41) is 3.65. The van der Waals surface area contributed by atoms with Gasteiger partial charge in [0.2, 0.25) is 0 Å². The number of rotatable bonds is 4. The highest BCUT2D eigenvalue weighted by molar-refractivity contribution is 5.75. The quantitative estimate of drug-likeness (QED) is 0.897. The summed E-state index contributed by atoms with van der Waals surface area (Å²) in [6.07, 6.45) is 4.82. The molecule has 0 bridgehead atoms. The first-order valence-electron chi connectivity index (χ1n) is 7.65. The number of nitrogens with two attached hydrogens (primary N) is 1. The molecule has 3 rings (SSSR count). The van der Waals surface area contributed by atoms with Crippen LogP contribution in [-0.4, -0.2) is 28.2 Å². The molecular formula is C16H24N4. The van der Waals surface area contributed by atoms with Crippen LogP contribution in [0.25, 0.3) is 11.0 Å². The van der Waals surface area contributed by atoms with E-state index < -0.39 is 0 Å². The molecular weight excluding hydrogens is 248 g/mol. The molecule has 0 aliphatic heterocycles. The van der Waals surface area contributed by atoms with Crippen LogP contribution in [0.5, 0.6) is 0 Å². The van der Waals surface area contributed by atoms with E-state index in [9.17, 15) is 0 Å². The lowest BCUT2D eigenvalue weighted by Crippen LogP contribution is -2.40. The molecule has 0 saturated heterocycles. The maximum absolute atomic E-state index is 6.03. The zero-order valence-electron chi connectivity index (χ0n) is 12.2. The van der Waals surface area contributed by atoms with Gasteiger partial charge in [-0.3, -0.25) is 0 Å². The van der Waals surface area contributed by atoms with Gasteiger partial charge in [-0.1, -0.05) is 18.6 Å². The molecule has 2 atom stereocenters. The number of aryl methyl sites for hydroxylation is 1. The second-order valence-corrected chi connectivity index (χ2v) is 5.88. The summed E-state index contributed by atoms with van der Waals surface area (Å²) in [5.74, 6) is 1.09. The zero-order valence-corrected chi connectivity index (χ0v) is 12.2. The largest absolute Gasteiger partial charge is 0.328 e. The highest BCUT2D eigenvalue weighted by Crippen LogP contribution is 2.17. The van der Waals surface area contributed by atoms with Crippen molar-refractivity contribution >= 4 is 11.0 Å². The minimum absolute atomic E-state index is 0.386. The molecule has 0 radical (unpaired) electrons. The van der Waals surface area contributed by atoms with Crippen molar-refractivity contribution in [1.82, 2.24) is 14.9 Å². The average molecular weight is 272 g/mol. The van der Waals surface area contributed by atoms with Gasteiger partial charge < -0.3 is 15.6 Å². The third-order valence-corrected chi connectivity index (χ3v) is 4.33. The van der Waals surface area contributed by atoms with Crippen LogP contribution in [-0.2, 0) is 6.54 Å². The van der Waals surface area contributed by atoms with Crippen LogP contribution in [0.1, 0.15) is 31.5 Å². The van der Waals surface area contributed by atoms with E-state index in [0.717, 1.165) is 30.9 Å². The van der Waals surface area contributed by atoms with E-state index in [1.165, 1.54) is 24.8 Å². The maximum Gasteiger partial charge on any atom is 0.106 e. The van der Waals surface area contributed by atoms with E-state index in [1.807, 2.05) is 6.07 Å². The highest BCUT2D eigenvalue weighted by atomic mass is 15.1. The van der Waals surface area contributed by atoms with Crippen LogP contribution >= 0.6 is 0 Å². The summed E-state index contributed by atoms with van der Waals surface area (Å²) in [5.41, 5.74) is 8.35. The first-order chi connectivity index (χ1) is 9.74. The van der Waals surface area contributed by atoms with Crippen molar-refractivity contribution in [3.05, 3.63) is 30.1 Å². The highest BCUT2D eigenvalue weighted by Gasteiger charge is 2.18. The zero-order chi connectivity index (χ0) is 13.9. The van der Waals surface area contributed by atoms with Gasteiger partial charge in [-0.2, -0.15) is 0 Å². The van der Waals surface area contributed by atoms with Crippen molar-refractivity contribution in [3.63, 3.8) is 0 Å². The number of nitrogens with zero attached hydrogens (tertiary/aromatic N) is 2. The number of hydrogen-bond acceptors (Lipinski definition) is 3. The maximum atomic E-state index is 6.03. The van der Waals surface area contributed by atoms with E-state index >= 15 is 0 Å². The Bertz CT molecular complexity index is 575. The molecule has 20 heavy (non-hydrogen) atoms. The molecule has 3 N–H and O–H groups in total. The van der Waals surface area contributed by atoms with Gasteiger partial charge in [0.25, 0.3) is 0 Å². The minimum Gasteiger partial charge on any atom is -0.328 e. The van der Waals surface area contributed by atoms with Crippen LogP contribution < -0.4 is 11.1 Å². The lowest BCUT2D eigenvalue weighted by Gasteiger charge is -2.27. The van der Waals surface area contributed by atoms with E-state index in [1.54, 1.807) is 0 Å².